The number of hydrogen-bond acceptors (Lipinski definition) is 6. The maximum absolute atomic E-state index is 12.5. The largest absolute Gasteiger partial charge is 0.497 e. The predicted molar refractivity (Wildman–Crippen MR) is 104 cm³/mol. The van der Waals surface area contributed by atoms with Crippen molar-refractivity contribution in [1.82, 2.24) is 15.3 Å². The average molecular weight is 382 g/mol. The topological polar surface area (TPSA) is 87.9 Å². The van der Waals surface area contributed by atoms with Crippen LogP contribution in [0, 0.1) is 31.1 Å². The molecule has 0 spiro atoms. The molecule has 0 aliphatic heterocycles. The molecule has 1 atom stereocenters. The van der Waals surface area contributed by atoms with E-state index in [1.165, 1.54) is 11.8 Å². The molecule has 1 aliphatic rings. The quantitative estimate of drug-likeness (QED) is 0.584. The zero-order valence-corrected chi connectivity index (χ0v) is 16.5. The van der Waals surface area contributed by atoms with Gasteiger partial charge in [-0.15, -0.1) is 0 Å². The molecule has 1 aromatic carbocycles. The third-order valence-electron chi connectivity index (χ3n) is 4.51. The van der Waals surface area contributed by atoms with Crippen molar-refractivity contribution in [3.8, 4) is 11.8 Å². The predicted octanol–water partition coefficient (Wildman–Crippen LogP) is 3.33. The van der Waals surface area contributed by atoms with Gasteiger partial charge < -0.3 is 10.1 Å². The molecule has 1 aliphatic carbocycles. The third-order valence-corrected chi connectivity index (χ3v) is 5.48. The lowest BCUT2D eigenvalue weighted by atomic mass is 10.0. The Bertz CT molecular complexity index is 873. The molecule has 1 heterocycles. The number of amides is 1. The number of rotatable bonds is 7. The summed E-state index contributed by atoms with van der Waals surface area (Å²) in [6, 6.07) is 9.97. The number of ether oxygens (including phenoxy) is 1. The molecule has 6 nitrogen and oxygen atoms in total. The molecule has 140 valence electrons. The van der Waals surface area contributed by atoms with Gasteiger partial charge >= 0.3 is 0 Å². The highest BCUT2D eigenvalue weighted by molar-refractivity contribution is 8.00. The van der Waals surface area contributed by atoms with Crippen LogP contribution in [0.25, 0.3) is 0 Å². The van der Waals surface area contributed by atoms with E-state index in [1.54, 1.807) is 21.0 Å². The zero-order chi connectivity index (χ0) is 19.4. The maximum Gasteiger partial charge on any atom is 0.230 e. The van der Waals surface area contributed by atoms with E-state index in [0.29, 0.717) is 28.0 Å². The first-order chi connectivity index (χ1) is 13.0. The van der Waals surface area contributed by atoms with Gasteiger partial charge in [0.05, 0.1) is 24.6 Å². The van der Waals surface area contributed by atoms with Gasteiger partial charge in [-0.05, 0) is 50.3 Å². The van der Waals surface area contributed by atoms with E-state index in [2.05, 4.69) is 21.4 Å². The summed E-state index contributed by atoms with van der Waals surface area (Å²) in [5, 5.41) is 13.0. The number of aryl methyl sites for hydroxylation is 2. The number of methoxy groups -OCH3 is 1. The molecule has 3 rings (SSSR count). The Morgan fingerprint density at radius 2 is 2.04 bits per heavy atom. The summed E-state index contributed by atoms with van der Waals surface area (Å²) in [5.74, 6) is 2.03. The smallest absolute Gasteiger partial charge is 0.230 e. The fraction of sp³-hybridized carbons (Fsp3) is 0.400. The summed E-state index contributed by atoms with van der Waals surface area (Å²) in [5.41, 5.74) is 2.16. The van der Waals surface area contributed by atoms with E-state index in [1.807, 2.05) is 24.3 Å². The highest BCUT2D eigenvalue weighted by Gasteiger charge is 2.33. The van der Waals surface area contributed by atoms with Crippen molar-refractivity contribution in [1.29, 1.82) is 5.26 Å². The SMILES string of the molecule is COc1ccc(C(NC(=O)CSc2nc(C)nc(C)c2C#N)C2CC2)cc1. The second-order valence-corrected chi connectivity index (χ2v) is 7.56. The molecule has 1 fully saturated rings. The van der Waals surface area contributed by atoms with E-state index >= 15 is 0 Å². The van der Waals surface area contributed by atoms with Crippen molar-refractivity contribution in [2.45, 2.75) is 37.8 Å². The van der Waals surface area contributed by atoms with Crippen molar-refractivity contribution in [2.75, 3.05) is 12.9 Å². The van der Waals surface area contributed by atoms with Gasteiger partial charge in [0.1, 0.15) is 28.2 Å². The van der Waals surface area contributed by atoms with Gasteiger partial charge in [-0.1, -0.05) is 23.9 Å². The van der Waals surface area contributed by atoms with Crippen molar-refractivity contribution in [3.05, 3.63) is 46.9 Å². The Kier molecular flexibility index (Phi) is 5.97. The molecule has 1 unspecified atom stereocenters. The van der Waals surface area contributed by atoms with Gasteiger partial charge in [-0.25, -0.2) is 9.97 Å². The van der Waals surface area contributed by atoms with Crippen LogP contribution < -0.4 is 10.1 Å². The van der Waals surface area contributed by atoms with Gasteiger partial charge in [0.2, 0.25) is 5.91 Å². The van der Waals surface area contributed by atoms with Gasteiger partial charge in [-0.3, -0.25) is 4.79 Å². The number of nitrogens with one attached hydrogen (secondary N) is 1. The highest BCUT2D eigenvalue weighted by Crippen LogP contribution is 2.41. The average Bonchev–Trinajstić information content (AvgIpc) is 3.49. The molecule has 27 heavy (non-hydrogen) atoms. The van der Waals surface area contributed by atoms with Crippen LogP contribution in [0.1, 0.15) is 41.5 Å². The standard InChI is InChI=1S/C20H22N4O2S/c1-12-17(10-21)20(23-13(2)22-12)27-11-18(25)24-19(14-4-5-14)15-6-8-16(26-3)9-7-15/h6-9,14,19H,4-5,11H2,1-3H3,(H,24,25). The monoisotopic (exact) mass is 382 g/mol. The lowest BCUT2D eigenvalue weighted by Crippen LogP contribution is -2.31. The summed E-state index contributed by atoms with van der Waals surface area (Å²) in [7, 11) is 1.64. The lowest BCUT2D eigenvalue weighted by molar-refractivity contribution is -0.119. The van der Waals surface area contributed by atoms with Gasteiger partial charge in [0.15, 0.2) is 0 Å². The Labute approximate surface area is 163 Å². The minimum Gasteiger partial charge on any atom is -0.497 e. The molecule has 1 amide bonds. The fourth-order valence-electron chi connectivity index (χ4n) is 2.98. The normalized spacial score (nSPS) is 14.3. The summed E-state index contributed by atoms with van der Waals surface area (Å²) in [6.07, 6.45) is 2.24. The van der Waals surface area contributed by atoms with Crippen LogP contribution in [0.2, 0.25) is 0 Å². The zero-order valence-electron chi connectivity index (χ0n) is 15.7. The second kappa shape index (κ2) is 8.40. The first kappa shape index (κ1) is 19.2. The molecule has 7 heteroatoms. The molecule has 1 N–H and O–H groups in total. The molecule has 0 radical (unpaired) electrons. The molecule has 0 saturated heterocycles. The summed E-state index contributed by atoms with van der Waals surface area (Å²) in [6.45, 7) is 3.56. The number of carbonyl (C=O) groups is 1. The number of aromatic nitrogens is 2. The number of thioether (sulfide) groups is 1. The maximum atomic E-state index is 12.5. The highest BCUT2D eigenvalue weighted by atomic mass is 32.2. The summed E-state index contributed by atoms with van der Waals surface area (Å²) < 4.78 is 5.21. The number of benzene rings is 1. The van der Waals surface area contributed by atoms with Crippen molar-refractivity contribution in [2.24, 2.45) is 5.92 Å². The van der Waals surface area contributed by atoms with E-state index in [-0.39, 0.29) is 17.7 Å². The molecule has 0 bridgehead atoms. The van der Waals surface area contributed by atoms with Crippen LogP contribution in [-0.4, -0.2) is 28.7 Å². The molecular weight excluding hydrogens is 360 g/mol. The molecule has 1 aromatic heterocycles. The number of nitriles is 1. The van der Waals surface area contributed by atoms with Crippen LogP contribution in [-0.2, 0) is 4.79 Å². The minimum absolute atomic E-state index is 0.00770. The summed E-state index contributed by atoms with van der Waals surface area (Å²) >= 11 is 1.28. The van der Waals surface area contributed by atoms with E-state index < -0.39 is 0 Å². The first-order valence-corrected chi connectivity index (χ1v) is 9.82. The Balaban J connectivity index is 1.66. The minimum atomic E-state index is -0.0643. The lowest BCUT2D eigenvalue weighted by Gasteiger charge is -2.19. The van der Waals surface area contributed by atoms with Gasteiger partial charge in [0, 0.05) is 0 Å². The molecule has 1 saturated carbocycles. The molecule has 2 aromatic rings. The molecular formula is C20H22N4O2S. The number of carbonyl (C=O) groups excluding carboxylic acids is 1. The Morgan fingerprint density at radius 3 is 2.63 bits per heavy atom. The van der Waals surface area contributed by atoms with Crippen LogP contribution in [0.4, 0.5) is 0 Å². The fourth-order valence-corrected chi connectivity index (χ4v) is 3.86. The van der Waals surface area contributed by atoms with Crippen LogP contribution in [0.3, 0.4) is 0 Å². The third kappa shape index (κ3) is 4.77. The first-order valence-electron chi connectivity index (χ1n) is 8.83. The van der Waals surface area contributed by atoms with E-state index in [0.717, 1.165) is 24.2 Å². The number of nitrogens with zero attached hydrogens (tertiary/aromatic N) is 3. The van der Waals surface area contributed by atoms with E-state index in [4.69, 9.17) is 4.74 Å². The second-order valence-electron chi connectivity index (χ2n) is 6.59. The van der Waals surface area contributed by atoms with Crippen molar-refractivity contribution >= 4 is 17.7 Å². The summed E-state index contributed by atoms with van der Waals surface area (Å²) in [4.78, 5) is 21.1. The van der Waals surface area contributed by atoms with E-state index in [9.17, 15) is 10.1 Å². The van der Waals surface area contributed by atoms with Crippen LogP contribution in [0.15, 0.2) is 29.3 Å². The van der Waals surface area contributed by atoms with Crippen molar-refractivity contribution in [3.63, 3.8) is 0 Å². The van der Waals surface area contributed by atoms with Gasteiger partial charge in [0.25, 0.3) is 0 Å². The van der Waals surface area contributed by atoms with Gasteiger partial charge in [-0.2, -0.15) is 5.26 Å². The van der Waals surface area contributed by atoms with Crippen LogP contribution >= 0.6 is 11.8 Å². The van der Waals surface area contributed by atoms with Crippen molar-refractivity contribution < 1.29 is 9.53 Å². The Hall–Kier alpha value is -2.59. The van der Waals surface area contributed by atoms with Crippen LogP contribution in [0.5, 0.6) is 5.75 Å². The number of hydrogen-bond donors (Lipinski definition) is 1. The Morgan fingerprint density at radius 1 is 1.33 bits per heavy atom.